The van der Waals surface area contributed by atoms with E-state index in [0.717, 1.165) is 4.90 Å². The molecule has 0 atom stereocenters. The standard InChI is InChI=1S/C12H18F9N/c1-22(2)9(3-6-10(13,14)15,4-7-11(16,17)18)5-8-12(19,20)21/h3-8H2,1-2H3. The van der Waals surface area contributed by atoms with Crippen molar-refractivity contribution in [1.82, 2.24) is 4.90 Å². The van der Waals surface area contributed by atoms with Gasteiger partial charge in [-0.05, 0) is 33.4 Å². The lowest BCUT2D eigenvalue weighted by molar-refractivity contribution is -0.160. The molecule has 134 valence electrons. The molecule has 0 aliphatic rings. The van der Waals surface area contributed by atoms with E-state index in [0.29, 0.717) is 0 Å². The largest absolute Gasteiger partial charge is 0.389 e. The van der Waals surface area contributed by atoms with E-state index in [1.165, 1.54) is 14.1 Å². The van der Waals surface area contributed by atoms with Gasteiger partial charge in [-0.2, -0.15) is 39.5 Å². The summed E-state index contributed by atoms with van der Waals surface area (Å²) in [6, 6.07) is 0. The van der Waals surface area contributed by atoms with Crippen LogP contribution in [0.15, 0.2) is 0 Å². The summed E-state index contributed by atoms with van der Waals surface area (Å²) in [7, 11) is 2.40. The maximum atomic E-state index is 12.3. The van der Waals surface area contributed by atoms with Crippen LogP contribution in [0.25, 0.3) is 0 Å². The quantitative estimate of drug-likeness (QED) is 0.564. The van der Waals surface area contributed by atoms with Gasteiger partial charge in [0.1, 0.15) is 0 Å². The van der Waals surface area contributed by atoms with Crippen LogP contribution in [-0.2, 0) is 0 Å². The van der Waals surface area contributed by atoms with Crippen LogP contribution in [0.5, 0.6) is 0 Å². The second-order valence-corrected chi connectivity index (χ2v) is 5.46. The van der Waals surface area contributed by atoms with Crippen molar-refractivity contribution in [2.45, 2.75) is 62.6 Å². The molecule has 0 aromatic heterocycles. The third kappa shape index (κ3) is 9.37. The highest BCUT2D eigenvalue weighted by Gasteiger charge is 2.43. The van der Waals surface area contributed by atoms with Gasteiger partial charge in [-0.25, -0.2) is 0 Å². The molecule has 0 fully saturated rings. The molecule has 0 aromatic rings. The molecule has 0 aromatic carbocycles. The number of hydrogen-bond acceptors (Lipinski definition) is 1. The van der Waals surface area contributed by atoms with E-state index >= 15 is 0 Å². The molecule has 1 nitrogen and oxygen atoms in total. The van der Waals surface area contributed by atoms with E-state index in [1.54, 1.807) is 0 Å². The van der Waals surface area contributed by atoms with Crippen molar-refractivity contribution < 1.29 is 39.5 Å². The molecular formula is C12H18F9N. The van der Waals surface area contributed by atoms with Gasteiger partial charge in [-0.15, -0.1) is 0 Å². The van der Waals surface area contributed by atoms with Crippen LogP contribution in [0.3, 0.4) is 0 Å². The van der Waals surface area contributed by atoms with Crippen molar-refractivity contribution in [1.29, 1.82) is 0 Å². The second-order valence-electron chi connectivity index (χ2n) is 5.46. The number of alkyl halides is 9. The molecule has 22 heavy (non-hydrogen) atoms. The third-order valence-electron chi connectivity index (χ3n) is 3.57. The van der Waals surface area contributed by atoms with Gasteiger partial charge in [0.2, 0.25) is 0 Å². The van der Waals surface area contributed by atoms with Gasteiger partial charge in [0, 0.05) is 24.8 Å². The van der Waals surface area contributed by atoms with Gasteiger partial charge in [0.05, 0.1) is 0 Å². The van der Waals surface area contributed by atoms with E-state index in [9.17, 15) is 39.5 Å². The maximum absolute atomic E-state index is 12.3. The summed E-state index contributed by atoms with van der Waals surface area (Å²) in [4.78, 5) is 1.04. The molecule has 0 amide bonds. The highest BCUT2D eigenvalue weighted by atomic mass is 19.4. The maximum Gasteiger partial charge on any atom is 0.389 e. The Kier molecular flexibility index (Phi) is 7.05. The zero-order valence-electron chi connectivity index (χ0n) is 12.1. The fourth-order valence-corrected chi connectivity index (χ4v) is 2.17. The Hall–Kier alpha value is -0.670. The van der Waals surface area contributed by atoms with Crippen molar-refractivity contribution >= 4 is 0 Å². The second kappa shape index (κ2) is 7.27. The first kappa shape index (κ1) is 21.3. The van der Waals surface area contributed by atoms with Gasteiger partial charge in [0.15, 0.2) is 0 Å². The summed E-state index contributed by atoms with van der Waals surface area (Å²) >= 11 is 0. The summed E-state index contributed by atoms with van der Waals surface area (Å²) in [6.07, 6.45) is -20.6. The fraction of sp³-hybridized carbons (Fsp3) is 1.00. The minimum absolute atomic E-state index is 0.810. The summed E-state index contributed by atoms with van der Waals surface area (Å²) in [6.45, 7) is 0. The predicted molar refractivity (Wildman–Crippen MR) is 62.3 cm³/mol. The molecule has 0 saturated heterocycles. The van der Waals surface area contributed by atoms with Crippen LogP contribution in [0, 0.1) is 0 Å². The van der Waals surface area contributed by atoms with Crippen molar-refractivity contribution in [3.05, 3.63) is 0 Å². The van der Waals surface area contributed by atoms with E-state index in [-0.39, 0.29) is 0 Å². The lowest BCUT2D eigenvalue weighted by Gasteiger charge is -2.41. The lowest BCUT2D eigenvalue weighted by Crippen LogP contribution is -2.46. The number of rotatable bonds is 7. The first-order valence-electron chi connectivity index (χ1n) is 6.44. The van der Waals surface area contributed by atoms with Crippen molar-refractivity contribution in [2.24, 2.45) is 0 Å². The molecule has 0 rings (SSSR count). The molecule has 0 bridgehead atoms. The molecule has 0 aliphatic carbocycles. The SMILES string of the molecule is CN(C)C(CCC(F)(F)F)(CCC(F)(F)F)CCC(F)(F)F. The zero-order valence-corrected chi connectivity index (χ0v) is 12.1. The summed E-state index contributed by atoms with van der Waals surface area (Å²) in [5.74, 6) is 0. The molecule has 10 heteroatoms. The van der Waals surface area contributed by atoms with Crippen LogP contribution in [0.1, 0.15) is 38.5 Å². The minimum Gasteiger partial charge on any atom is -0.304 e. The Balaban J connectivity index is 5.17. The zero-order chi connectivity index (χ0) is 17.8. The molecule has 0 spiro atoms. The number of halogens is 9. The molecule has 0 unspecified atom stereocenters. The smallest absolute Gasteiger partial charge is 0.304 e. The minimum atomic E-state index is -4.64. The lowest BCUT2D eigenvalue weighted by atomic mass is 9.82. The third-order valence-corrected chi connectivity index (χ3v) is 3.57. The highest BCUT2D eigenvalue weighted by Crippen LogP contribution is 2.39. The average Bonchev–Trinajstić information content (AvgIpc) is 2.24. The summed E-state index contributed by atoms with van der Waals surface area (Å²) in [5.41, 5.74) is -1.81. The normalized spacial score (nSPS) is 14.7. The topological polar surface area (TPSA) is 3.24 Å². The Morgan fingerprint density at radius 1 is 0.500 bits per heavy atom. The van der Waals surface area contributed by atoms with Gasteiger partial charge in [0.25, 0.3) is 0 Å². The Morgan fingerprint density at radius 3 is 0.864 bits per heavy atom. The van der Waals surface area contributed by atoms with E-state index in [1.807, 2.05) is 0 Å². The van der Waals surface area contributed by atoms with Crippen molar-refractivity contribution in [3.8, 4) is 0 Å². The van der Waals surface area contributed by atoms with Gasteiger partial charge >= 0.3 is 18.5 Å². The van der Waals surface area contributed by atoms with Crippen LogP contribution in [0.2, 0.25) is 0 Å². The number of hydrogen-bond donors (Lipinski definition) is 0. The number of nitrogens with zero attached hydrogens (tertiary/aromatic N) is 1. The Bertz CT molecular complexity index is 281. The average molecular weight is 347 g/mol. The van der Waals surface area contributed by atoms with E-state index in [4.69, 9.17) is 0 Å². The predicted octanol–water partition coefficient (Wildman–Crippen LogP) is 5.31. The molecule has 0 saturated carbocycles. The van der Waals surface area contributed by atoms with Crippen LogP contribution < -0.4 is 0 Å². The first-order chi connectivity index (χ1) is 9.56. The summed E-state index contributed by atoms with van der Waals surface area (Å²) < 4.78 is 111. The van der Waals surface area contributed by atoms with Crippen LogP contribution in [-0.4, -0.2) is 43.1 Å². The monoisotopic (exact) mass is 347 g/mol. The molecule has 0 heterocycles. The summed E-state index contributed by atoms with van der Waals surface area (Å²) in [5, 5.41) is 0. The highest BCUT2D eigenvalue weighted by molar-refractivity contribution is 4.90. The Labute approximate surface area is 122 Å². The van der Waals surface area contributed by atoms with Crippen molar-refractivity contribution in [2.75, 3.05) is 14.1 Å². The van der Waals surface area contributed by atoms with Crippen LogP contribution >= 0.6 is 0 Å². The molecule has 0 N–H and O–H groups in total. The van der Waals surface area contributed by atoms with Gasteiger partial charge in [-0.3, -0.25) is 0 Å². The molecular weight excluding hydrogens is 329 g/mol. The van der Waals surface area contributed by atoms with Gasteiger partial charge in [-0.1, -0.05) is 0 Å². The van der Waals surface area contributed by atoms with E-state index in [2.05, 4.69) is 0 Å². The van der Waals surface area contributed by atoms with Gasteiger partial charge < -0.3 is 4.90 Å². The first-order valence-corrected chi connectivity index (χ1v) is 6.44. The Morgan fingerprint density at radius 2 is 0.727 bits per heavy atom. The van der Waals surface area contributed by atoms with Crippen LogP contribution in [0.4, 0.5) is 39.5 Å². The van der Waals surface area contributed by atoms with E-state index < -0.39 is 62.6 Å². The molecule has 0 aliphatic heterocycles. The van der Waals surface area contributed by atoms with Crippen molar-refractivity contribution in [3.63, 3.8) is 0 Å². The fourth-order valence-electron chi connectivity index (χ4n) is 2.17. The molecule has 0 radical (unpaired) electrons.